The second-order valence-electron chi connectivity index (χ2n) is 3.11. The van der Waals surface area contributed by atoms with Crippen molar-refractivity contribution in [1.29, 1.82) is 0 Å². The van der Waals surface area contributed by atoms with Gasteiger partial charge in [-0.3, -0.25) is 0 Å². The molecule has 1 atom stereocenters. The van der Waals surface area contributed by atoms with E-state index in [1.165, 1.54) is 0 Å². The highest BCUT2D eigenvalue weighted by atomic mass is 127. The molecular formula is C11H13IO3. The zero-order chi connectivity index (χ0) is 11.3. The van der Waals surface area contributed by atoms with Gasteiger partial charge in [-0.15, -0.1) is 0 Å². The molecule has 0 aliphatic carbocycles. The summed E-state index contributed by atoms with van der Waals surface area (Å²) in [6, 6.07) is 7.77. The number of rotatable bonds is 5. The molecule has 0 saturated carbocycles. The topological polar surface area (TPSA) is 46.5 Å². The zero-order valence-electron chi connectivity index (χ0n) is 8.44. The third-order valence-electron chi connectivity index (χ3n) is 1.98. The van der Waals surface area contributed by atoms with Crippen LogP contribution in [0.2, 0.25) is 0 Å². The van der Waals surface area contributed by atoms with Crippen LogP contribution in [0, 0.1) is 3.57 Å². The Balaban J connectivity index is 2.65. The number of hydrogen-bond acceptors (Lipinski definition) is 2. The number of carboxylic acids is 1. The van der Waals surface area contributed by atoms with Gasteiger partial charge in [-0.25, -0.2) is 4.79 Å². The fraction of sp³-hybridized carbons (Fsp3) is 0.364. The number of aliphatic carboxylic acids is 1. The Kier molecular flexibility index (Phi) is 5.04. The van der Waals surface area contributed by atoms with Crippen molar-refractivity contribution in [2.24, 2.45) is 0 Å². The van der Waals surface area contributed by atoms with Crippen molar-refractivity contribution >= 4 is 28.6 Å². The van der Waals surface area contributed by atoms with Crippen LogP contribution in [0.3, 0.4) is 0 Å². The van der Waals surface area contributed by atoms with Crippen LogP contribution in [0.25, 0.3) is 0 Å². The van der Waals surface area contributed by atoms with Gasteiger partial charge in [0.2, 0.25) is 0 Å². The first-order valence-corrected chi connectivity index (χ1v) is 5.80. The van der Waals surface area contributed by atoms with Gasteiger partial charge < -0.3 is 9.84 Å². The van der Waals surface area contributed by atoms with E-state index in [4.69, 9.17) is 9.84 Å². The minimum Gasteiger partial charge on any atom is -0.479 e. The highest BCUT2D eigenvalue weighted by Crippen LogP contribution is 2.10. The molecule has 1 aromatic rings. The third kappa shape index (κ3) is 4.17. The van der Waals surface area contributed by atoms with E-state index in [-0.39, 0.29) is 0 Å². The fourth-order valence-electron chi connectivity index (χ4n) is 1.25. The molecule has 0 bridgehead atoms. The lowest BCUT2D eigenvalue weighted by molar-refractivity contribution is -0.149. The Morgan fingerprint density at radius 3 is 2.53 bits per heavy atom. The predicted molar refractivity (Wildman–Crippen MR) is 65.9 cm³/mol. The molecule has 82 valence electrons. The molecule has 1 aromatic carbocycles. The summed E-state index contributed by atoms with van der Waals surface area (Å²) in [6.07, 6.45) is -0.324. The standard InChI is InChI=1S/C11H13IO3/c1-2-15-10(11(13)14)7-8-3-5-9(12)6-4-8/h3-6,10H,2,7H2,1H3,(H,13,14)/t10-/m1/s1. The van der Waals surface area contributed by atoms with Crippen molar-refractivity contribution in [2.45, 2.75) is 19.4 Å². The van der Waals surface area contributed by atoms with E-state index in [9.17, 15) is 4.79 Å². The molecular weight excluding hydrogens is 307 g/mol. The van der Waals surface area contributed by atoms with Gasteiger partial charge in [-0.1, -0.05) is 12.1 Å². The monoisotopic (exact) mass is 320 g/mol. The predicted octanol–water partition coefficient (Wildman–Crippen LogP) is 2.32. The lowest BCUT2D eigenvalue weighted by Gasteiger charge is -2.12. The summed E-state index contributed by atoms with van der Waals surface area (Å²) in [7, 11) is 0. The lowest BCUT2D eigenvalue weighted by atomic mass is 10.1. The van der Waals surface area contributed by atoms with Crippen molar-refractivity contribution in [1.82, 2.24) is 0 Å². The van der Waals surface area contributed by atoms with Gasteiger partial charge >= 0.3 is 5.97 Å². The minimum absolute atomic E-state index is 0.417. The third-order valence-corrected chi connectivity index (χ3v) is 2.70. The average molecular weight is 320 g/mol. The van der Waals surface area contributed by atoms with Crippen LogP contribution in [0.1, 0.15) is 12.5 Å². The van der Waals surface area contributed by atoms with Crippen molar-refractivity contribution in [3.05, 3.63) is 33.4 Å². The van der Waals surface area contributed by atoms with E-state index < -0.39 is 12.1 Å². The number of ether oxygens (including phenoxy) is 1. The summed E-state index contributed by atoms with van der Waals surface area (Å²) in [6.45, 7) is 2.21. The molecule has 0 amide bonds. The molecule has 1 rings (SSSR count). The van der Waals surface area contributed by atoms with Gasteiger partial charge in [0.25, 0.3) is 0 Å². The Hall–Kier alpha value is -0.620. The Morgan fingerprint density at radius 1 is 1.47 bits per heavy atom. The molecule has 4 heteroatoms. The SMILES string of the molecule is CCO[C@H](Cc1ccc(I)cc1)C(=O)O. The van der Waals surface area contributed by atoms with Crippen molar-refractivity contribution in [2.75, 3.05) is 6.61 Å². The number of benzene rings is 1. The number of carbonyl (C=O) groups is 1. The van der Waals surface area contributed by atoms with Crippen LogP contribution in [-0.2, 0) is 16.0 Å². The van der Waals surface area contributed by atoms with Gasteiger partial charge in [0, 0.05) is 16.6 Å². The van der Waals surface area contributed by atoms with Crippen LogP contribution in [-0.4, -0.2) is 23.8 Å². The minimum atomic E-state index is -0.907. The zero-order valence-corrected chi connectivity index (χ0v) is 10.6. The Labute approximate surface area is 103 Å². The summed E-state index contributed by atoms with van der Waals surface area (Å²) >= 11 is 2.21. The van der Waals surface area contributed by atoms with Crippen molar-refractivity contribution in [3.63, 3.8) is 0 Å². The van der Waals surface area contributed by atoms with Gasteiger partial charge in [0.15, 0.2) is 6.10 Å². The maximum absolute atomic E-state index is 10.8. The highest BCUT2D eigenvalue weighted by molar-refractivity contribution is 14.1. The summed E-state index contributed by atoms with van der Waals surface area (Å²) < 4.78 is 6.27. The summed E-state index contributed by atoms with van der Waals surface area (Å²) in [4.78, 5) is 10.8. The molecule has 0 heterocycles. The molecule has 15 heavy (non-hydrogen) atoms. The molecule has 0 saturated heterocycles. The second-order valence-corrected chi connectivity index (χ2v) is 4.36. The van der Waals surface area contributed by atoms with Crippen LogP contribution < -0.4 is 0 Å². The first-order chi connectivity index (χ1) is 7.13. The molecule has 0 aliphatic heterocycles. The molecule has 0 aliphatic rings. The molecule has 0 spiro atoms. The normalized spacial score (nSPS) is 12.4. The largest absolute Gasteiger partial charge is 0.479 e. The number of carboxylic acid groups (broad SMARTS) is 1. The molecule has 0 aromatic heterocycles. The van der Waals surface area contributed by atoms with E-state index >= 15 is 0 Å². The molecule has 1 N–H and O–H groups in total. The molecule has 0 fully saturated rings. The summed E-state index contributed by atoms with van der Waals surface area (Å²) in [5, 5.41) is 8.89. The fourth-order valence-corrected chi connectivity index (χ4v) is 1.61. The van der Waals surface area contributed by atoms with Crippen molar-refractivity contribution < 1.29 is 14.6 Å². The maximum atomic E-state index is 10.8. The van der Waals surface area contributed by atoms with Gasteiger partial charge in [0.1, 0.15) is 0 Å². The van der Waals surface area contributed by atoms with E-state index in [1.807, 2.05) is 24.3 Å². The Bertz CT molecular complexity index is 321. The van der Waals surface area contributed by atoms with E-state index in [2.05, 4.69) is 22.6 Å². The number of hydrogen-bond donors (Lipinski definition) is 1. The van der Waals surface area contributed by atoms with Gasteiger partial charge in [-0.05, 0) is 47.2 Å². The Morgan fingerprint density at radius 2 is 2.07 bits per heavy atom. The quantitative estimate of drug-likeness (QED) is 0.847. The molecule has 3 nitrogen and oxygen atoms in total. The summed E-state index contributed by atoms with van der Waals surface area (Å²) in [5.41, 5.74) is 0.983. The van der Waals surface area contributed by atoms with E-state index in [0.717, 1.165) is 9.13 Å². The van der Waals surface area contributed by atoms with Crippen LogP contribution in [0.15, 0.2) is 24.3 Å². The lowest BCUT2D eigenvalue weighted by Crippen LogP contribution is -2.26. The number of halogens is 1. The van der Waals surface area contributed by atoms with Crippen LogP contribution >= 0.6 is 22.6 Å². The van der Waals surface area contributed by atoms with Gasteiger partial charge in [0.05, 0.1) is 0 Å². The first-order valence-electron chi connectivity index (χ1n) is 4.72. The second kappa shape index (κ2) is 6.07. The van der Waals surface area contributed by atoms with E-state index in [0.29, 0.717) is 13.0 Å². The first kappa shape index (κ1) is 12.4. The maximum Gasteiger partial charge on any atom is 0.333 e. The van der Waals surface area contributed by atoms with E-state index in [1.54, 1.807) is 6.92 Å². The highest BCUT2D eigenvalue weighted by Gasteiger charge is 2.17. The molecule has 0 radical (unpaired) electrons. The average Bonchev–Trinajstić information content (AvgIpc) is 2.20. The van der Waals surface area contributed by atoms with Crippen LogP contribution in [0.4, 0.5) is 0 Å². The summed E-state index contributed by atoms with van der Waals surface area (Å²) in [5.74, 6) is -0.907. The van der Waals surface area contributed by atoms with Crippen molar-refractivity contribution in [3.8, 4) is 0 Å². The van der Waals surface area contributed by atoms with Crippen LogP contribution in [0.5, 0.6) is 0 Å². The smallest absolute Gasteiger partial charge is 0.333 e. The molecule has 0 unspecified atom stereocenters. The van der Waals surface area contributed by atoms with Gasteiger partial charge in [-0.2, -0.15) is 0 Å².